The van der Waals surface area contributed by atoms with Crippen LogP contribution in [0.4, 0.5) is 4.79 Å². The van der Waals surface area contributed by atoms with Crippen molar-refractivity contribution in [1.82, 2.24) is 4.90 Å². The zero-order valence-corrected chi connectivity index (χ0v) is 13.2. The van der Waals surface area contributed by atoms with Crippen LogP contribution in [-0.2, 0) is 11.0 Å². The number of amides is 1. The molecule has 1 unspecified atom stereocenters. The van der Waals surface area contributed by atoms with E-state index in [1.54, 1.807) is 0 Å². The molecule has 5 nitrogen and oxygen atoms in total. The summed E-state index contributed by atoms with van der Waals surface area (Å²) in [6, 6.07) is 0. The van der Waals surface area contributed by atoms with Gasteiger partial charge in [0.1, 0.15) is 11.0 Å². The number of rotatable bonds is 2. The second-order valence-corrected chi connectivity index (χ2v) is 8.27. The molecule has 0 aromatic heterocycles. The van der Waals surface area contributed by atoms with E-state index in [9.17, 15) is 9.00 Å². The van der Waals surface area contributed by atoms with E-state index in [-0.39, 0.29) is 10.2 Å². The topological polar surface area (TPSA) is 70.0 Å². The molecule has 0 spiro atoms. The van der Waals surface area contributed by atoms with Crippen LogP contribution in [0.5, 0.6) is 0 Å². The van der Waals surface area contributed by atoms with Crippen LogP contribution in [0.3, 0.4) is 0 Å². The summed E-state index contributed by atoms with van der Waals surface area (Å²) >= 11 is 0. The Kier molecular flexibility index (Phi) is 4.76. The van der Waals surface area contributed by atoms with Crippen molar-refractivity contribution in [2.45, 2.75) is 52.2 Å². The van der Waals surface area contributed by atoms with E-state index in [1.807, 2.05) is 27.7 Å². The molecule has 0 aromatic carbocycles. The summed E-state index contributed by atoms with van der Waals surface area (Å²) in [6.07, 6.45) is 0.598. The maximum Gasteiger partial charge on any atom is 0.407 e. The fraction of sp³-hybridized carbons (Fsp3) is 0.846. The van der Waals surface area contributed by atoms with Crippen molar-refractivity contribution in [3.8, 4) is 0 Å². The van der Waals surface area contributed by atoms with E-state index in [0.29, 0.717) is 13.1 Å². The molecule has 0 aliphatic carbocycles. The van der Waals surface area contributed by atoms with E-state index in [2.05, 4.69) is 11.3 Å². The van der Waals surface area contributed by atoms with E-state index >= 15 is 0 Å². The monoisotopic (exact) mass is 288 g/mol. The van der Waals surface area contributed by atoms with Crippen molar-refractivity contribution in [1.29, 1.82) is 0 Å². The van der Waals surface area contributed by atoms with Crippen LogP contribution in [0.2, 0.25) is 0 Å². The number of hydrogen-bond acceptors (Lipinski definition) is 2. The maximum atomic E-state index is 12.1. The van der Waals surface area contributed by atoms with Crippen LogP contribution in [0, 0.1) is 5.41 Å². The lowest BCUT2D eigenvalue weighted by atomic mass is 9.77. The molecule has 1 aliphatic rings. The smallest absolute Gasteiger partial charge is 0.407 e. The summed E-state index contributed by atoms with van der Waals surface area (Å²) in [5, 5.41) is 8.95. The SMILES string of the molecule is CC(=NS(=O)C(C)(C)C)C1(C)CCN(C(=O)O)CC1. The molecular weight excluding hydrogens is 264 g/mol. The first-order chi connectivity index (χ1) is 8.56. The van der Waals surface area contributed by atoms with Crippen molar-refractivity contribution < 1.29 is 14.1 Å². The number of piperidine rings is 1. The molecule has 0 aromatic rings. The predicted octanol–water partition coefficient (Wildman–Crippen LogP) is 2.69. The average molecular weight is 288 g/mol. The maximum absolute atomic E-state index is 12.1. The van der Waals surface area contributed by atoms with Crippen molar-refractivity contribution in [3.05, 3.63) is 0 Å². The highest BCUT2D eigenvalue weighted by atomic mass is 32.2. The van der Waals surface area contributed by atoms with Gasteiger partial charge in [-0.3, -0.25) is 0 Å². The van der Waals surface area contributed by atoms with Gasteiger partial charge in [0.2, 0.25) is 0 Å². The summed E-state index contributed by atoms with van der Waals surface area (Å²) in [5.41, 5.74) is 0.721. The van der Waals surface area contributed by atoms with Crippen LogP contribution in [-0.4, -0.2) is 43.9 Å². The van der Waals surface area contributed by atoms with Crippen LogP contribution in [0.15, 0.2) is 4.40 Å². The van der Waals surface area contributed by atoms with Crippen LogP contribution in [0.1, 0.15) is 47.5 Å². The highest BCUT2D eigenvalue weighted by molar-refractivity contribution is 7.85. The second-order valence-electron chi connectivity index (χ2n) is 6.37. The first kappa shape index (κ1) is 16.1. The molecule has 1 atom stereocenters. The normalized spacial score (nSPS) is 22.2. The molecule has 1 rings (SSSR count). The zero-order chi connectivity index (χ0) is 14.8. The number of nitrogens with zero attached hydrogens (tertiary/aromatic N) is 2. The van der Waals surface area contributed by atoms with Gasteiger partial charge < -0.3 is 10.0 Å². The third-order valence-corrected chi connectivity index (χ3v) is 5.24. The van der Waals surface area contributed by atoms with Crippen molar-refractivity contribution in [2.24, 2.45) is 9.81 Å². The Morgan fingerprint density at radius 3 is 2.16 bits per heavy atom. The molecule has 1 N–H and O–H groups in total. The van der Waals surface area contributed by atoms with Gasteiger partial charge in [-0.05, 0) is 40.5 Å². The Balaban J connectivity index is 2.78. The fourth-order valence-corrected chi connectivity index (χ4v) is 2.67. The molecule has 1 amide bonds. The van der Waals surface area contributed by atoms with Crippen LogP contribution >= 0.6 is 0 Å². The molecule has 1 heterocycles. The third kappa shape index (κ3) is 4.03. The number of likely N-dealkylation sites (tertiary alicyclic amines) is 1. The van der Waals surface area contributed by atoms with Gasteiger partial charge in [-0.1, -0.05) is 6.92 Å². The molecule has 110 valence electrons. The highest BCUT2D eigenvalue weighted by Crippen LogP contribution is 2.33. The summed E-state index contributed by atoms with van der Waals surface area (Å²) in [4.78, 5) is 12.3. The van der Waals surface area contributed by atoms with Crippen molar-refractivity contribution >= 4 is 22.8 Å². The lowest BCUT2D eigenvalue weighted by Gasteiger charge is -2.38. The first-order valence-electron chi connectivity index (χ1n) is 6.52. The Morgan fingerprint density at radius 2 is 1.79 bits per heavy atom. The van der Waals surface area contributed by atoms with E-state index in [1.165, 1.54) is 4.90 Å². The molecule has 19 heavy (non-hydrogen) atoms. The van der Waals surface area contributed by atoms with Gasteiger partial charge in [-0.25, -0.2) is 9.00 Å². The summed E-state index contributed by atoms with van der Waals surface area (Å²) in [7, 11) is -1.25. The molecular formula is C13H24N2O3S. The molecule has 0 saturated carbocycles. The van der Waals surface area contributed by atoms with Crippen molar-refractivity contribution in [2.75, 3.05) is 13.1 Å². The van der Waals surface area contributed by atoms with Gasteiger partial charge >= 0.3 is 6.09 Å². The molecule has 0 bridgehead atoms. The minimum atomic E-state index is -1.25. The Hall–Kier alpha value is -0.910. The largest absolute Gasteiger partial charge is 0.465 e. The summed E-state index contributed by atoms with van der Waals surface area (Å²) < 4.78 is 16.0. The Labute approximate surface area is 117 Å². The van der Waals surface area contributed by atoms with Crippen LogP contribution in [0.25, 0.3) is 0 Å². The minimum absolute atomic E-state index is 0.146. The minimum Gasteiger partial charge on any atom is -0.465 e. The van der Waals surface area contributed by atoms with E-state index in [4.69, 9.17) is 5.11 Å². The third-order valence-electron chi connectivity index (χ3n) is 3.75. The molecule has 6 heteroatoms. The van der Waals surface area contributed by atoms with E-state index < -0.39 is 17.1 Å². The van der Waals surface area contributed by atoms with Gasteiger partial charge in [0.05, 0.1) is 4.75 Å². The number of carboxylic acid groups (broad SMARTS) is 1. The van der Waals surface area contributed by atoms with Crippen molar-refractivity contribution in [3.63, 3.8) is 0 Å². The molecule has 1 saturated heterocycles. The van der Waals surface area contributed by atoms with Gasteiger partial charge in [-0.2, -0.15) is 4.40 Å². The highest BCUT2D eigenvalue weighted by Gasteiger charge is 2.35. The molecule has 1 fully saturated rings. The fourth-order valence-electron chi connectivity index (χ4n) is 1.92. The lowest BCUT2D eigenvalue weighted by molar-refractivity contribution is 0.117. The Bertz CT molecular complexity index is 405. The van der Waals surface area contributed by atoms with Crippen LogP contribution < -0.4 is 0 Å². The quantitative estimate of drug-likeness (QED) is 0.794. The van der Waals surface area contributed by atoms with E-state index in [0.717, 1.165) is 18.6 Å². The van der Waals surface area contributed by atoms with Gasteiger partial charge in [-0.15, -0.1) is 0 Å². The Morgan fingerprint density at radius 1 is 1.32 bits per heavy atom. The zero-order valence-electron chi connectivity index (χ0n) is 12.4. The second kappa shape index (κ2) is 5.61. The average Bonchev–Trinajstić information content (AvgIpc) is 2.28. The first-order valence-corrected chi connectivity index (χ1v) is 7.62. The molecule has 0 radical (unpaired) electrons. The lowest BCUT2D eigenvalue weighted by Crippen LogP contribution is -2.44. The summed E-state index contributed by atoms with van der Waals surface area (Å²) in [6.45, 7) is 10.7. The van der Waals surface area contributed by atoms with Gasteiger partial charge in [0.15, 0.2) is 0 Å². The predicted molar refractivity (Wildman–Crippen MR) is 77.9 cm³/mol. The number of hydrogen-bond donors (Lipinski definition) is 1. The van der Waals surface area contributed by atoms with Gasteiger partial charge in [0.25, 0.3) is 0 Å². The van der Waals surface area contributed by atoms with Gasteiger partial charge in [0, 0.05) is 24.2 Å². The summed E-state index contributed by atoms with van der Waals surface area (Å²) in [5.74, 6) is 0. The molecule has 1 aliphatic heterocycles. The number of carbonyl (C=O) groups is 1. The standard InChI is InChI=1S/C13H24N2O3S/c1-10(14-19(18)12(2,3)4)13(5)6-8-15(9-7-13)11(16)17/h6-9H2,1-5H3,(H,16,17).